The number of halogens is 4. The van der Waals surface area contributed by atoms with Gasteiger partial charge in [0, 0.05) is 0 Å². The Hall–Kier alpha value is -1.34. The second-order valence-corrected chi connectivity index (χ2v) is 3.51. The van der Waals surface area contributed by atoms with Crippen LogP contribution in [0.1, 0.15) is 0 Å². The standard InChI is InChI=1S/C8H8F4O4/c9-3-1(7(13)14)4(10)6(12)2(5(3)11)8(15)16/h1-6H,(H,13,14)(H,15,16). The van der Waals surface area contributed by atoms with Crippen molar-refractivity contribution in [3.8, 4) is 0 Å². The fraction of sp³-hybridized carbons (Fsp3) is 0.750. The number of carbonyl (C=O) groups is 2. The highest BCUT2D eigenvalue weighted by Gasteiger charge is 2.58. The van der Waals surface area contributed by atoms with Crippen LogP contribution >= 0.6 is 0 Å². The first kappa shape index (κ1) is 12.7. The molecule has 1 aliphatic carbocycles. The third-order valence-electron chi connectivity index (χ3n) is 2.55. The van der Waals surface area contributed by atoms with Crippen LogP contribution in [-0.2, 0) is 9.59 Å². The summed E-state index contributed by atoms with van der Waals surface area (Å²) in [4.78, 5) is 20.8. The average molecular weight is 244 g/mol. The Labute approximate surface area is 86.9 Å². The van der Waals surface area contributed by atoms with Gasteiger partial charge in [-0.2, -0.15) is 0 Å². The zero-order chi connectivity index (χ0) is 12.6. The lowest BCUT2D eigenvalue weighted by Gasteiger charge is -2.35. The molecular weight excluding hydrogens is 236 g/mol. The SMILES string of the molecule is O=C(O)C1C(F)C(F)C(C(=O)O)C(F)C1F. The van der Waals surface area contributed by atoms with Gasteiger partial charge in [-0.1, -0.05) is 0 Å². The summed E-state index contributed by atoms with van der Waals surface area (Å²) < 4.78 is 52.4. The van der Waals surface area contributed by atoms with E-state index >= 15 is 0 Å². The molecule has 0 bridgehead atoms. The Balaban J connectivity index is 3.03. The lowest BCUT2D eigenvalue weighted by atomic mass is 9.76. The van der Waals surface area contributed by atoms with Crippen molar-refractivity contribution in [3.63, 3.8) is 0 Å². The van der Waals surface area contributed by atoms with Gasteiger partial charge in [-0.05, 0) is 0 Å². The quantitative estimate of drug-likeness (QED) is 0.703. The molecule has 0 aromatic heterocycles. The molecule has 4 nitrogen and oxygen atoms in total. The molecule has 1 saturated carbocycles. The molecule has 0 heterocycles. The molecule has 16 heavy (non-hydrogen) atoms. The van der Waals surface area contributed by atoms with Crippen molar-refractivity contribution in [2.24, 2.45) is 11.8 Å². The van der Waals surface area contributed by atoms with Gasteiger partial charge >= 0.3 is 11.9 Å². The molecule has 0 aliphatic heterocycles. The minimum absolute atomic E-state index is 2.03. The topological polar surface area (TPSA) is 74.6 Å². The van der Waals surface area contributed by atoms with Crippen LogP contribution < -0.4 is 0 Å². The highest BCUT2D eigenvalue weighted by Crippen LogP contribution is 2.38. The smallest absolute Gasteiger partial charge is 0.312 e. The third-order valence-corrected chi connectivity index (χ3v) is 2.55. The van der Waals surface area contributed by atoms with E-state index in [0.717, 1.165) is 0 Å². The van der Waals surface area contributed by atoms with Crippen molar-refractivity contribution in [1.82, 2.24) is 0 Å². The number of hydrogen-bond donors (Lipinski definition) is 2. The fourth-order valence-corrected chi connectivity index (χ4v) is 1.69. The normalized spacial score (nSPS) is 44.0. The molecule has 4 unspecified atom stereocenters. The van der Waals surface area contributed by atoms with Gasteiger partial charge in [-0.25, -0.2) is 17.6 Å². The maximum absolute atomic E-state index is 13.1. The highest BCUT2D eigenvalue weighted by molar-refractivity contribution is 5.76. The van der Waals surface area contributed by atoms with E-state index in [1.54, 1.807) is 0 Å². The van der Waals surface area contributed by atoms with Gasteiger partial charge in [0.15, 0.2) is 0 Å². The monoisotopic (exact) mass is 244 g/mol. The largest absolute Gasteiger partial charge is 0.481 e. The van der Waals surface area contributed by atoms with Gasteiger partial charge < -0.3 is 10.2 Å². The van der Waals surface area contributed by atoms with Gasteiger partial charge in [0.1, 0.15) is 36.5 Å². The van der Waals surface area contributed by atoms with Crippen LogP contribution in [0.4, 0.5) is 17.6 Å². The van der Waals surface area contributed by atoms with E-state index in [0.29, 0.717) is 0 Å². The summed E-state index contributed by atoms with van der Waals surface area (Å²) >= 11 is 0. The fourth-order valence-electron chi connectivity index (χ4n) is 1.69. The average Bonchev–Trinajstić information content (AvgIpc) is 2.14. The van der Waals surface area contributed by atoms with Crippen molar-refractivity contribution in [1.29, 1.82) is 0 Å². The second-order valence-electron chi connectivity index (χ2n) is 3.51. The van der Waals surface area contributed by atoms with E-state index in [2.05, 4.69) is 0 Å². The number of carboxylic acids is 2. The van der Waals surface area contributed by atoms with Gasteiger partial charge in [-0.15, -0.1) is 0 Å². The maximum Gasteiger partial charge on any atom is 0.312 e. The van der Waals surface area contributed by atoms with Gasteiger partial charge in [0.2, 0.25) is 0 Å². The maximum atomic E-state index is 13.1. The molecule has 0 aromatic carbocycles. The molecule has 0 amide bonds. The predicted molar refractivity (Wildman–Crippen MR) is 41.8 cm³/mol. The van der Waals surface area contributed by atoms with E-state index in [-0.39, 0.29) is 0 Å². The number of aliphatic carboxylic acids is 2. The van der Waals surface area contributed by atoms with Crippen LogP contribution in [-0.4, -0.2) is 46.8 Å². The first-order chi connectivity index (χ1) is 7.29. The van der Waals surface area contributed by atoms with Crippen LogP contribution in [0.25, 0.3) is 0 Å². The van der Waals surface area contributed by atoms with Crippen LogP contribution in [0.15, 0.2) is 0 Å². The third kappa shape index (κ3) is 1.83. The number of rotatable bonds is 2. The molecule has 1 aliphatic rings. The summed E-state index contributed by atoms with van der Waals surface area (Å²) in [6.07, 6.45) is -11.5. The Bertz CT molecular complexity index is 264. The summed E-state index contributed by atoms with van der Waals surface area (Å²) in [7, 11) is 0. The minimum Gasteiger partial charge on any atom is -0.481 e. The molecule has 0 spiro atoms. The molecule has 0 saturated heterocycles. The van der Waals surface area contributed by atoms with Crippen molar-refractivity contribution in [2.75, 3.05) is 0 Å². The van der Waals surface area contributed by atoms with Gasteiger partial charge in [0.25, 0.3) is 0 Å². The van der Waals surface area contributed by atoms with Crippen LogP contribution in [0.2, 0.25) is 0 Å². The number of alkyl halides is 4. The van der Waals surface area contributed by atoms with E-state index in [1.165, 1.54) is 0 Å². The van der Waals surface area contributed by atoms with E-state index in [4.69, 9.17) is 10.2 Å². The zero-order valence-electron chi connectivity index (χ0n) is 7.69. The molecule has 1 fully saturated rings. The zero-order valence-corrected chi connectivity index (χ0v) is 7.69. The number of hydrogen-bond acceptors (Lipinski definition) is 2. The summed E-state index contributed by atoms with van der Waals surface area (Å²) in [5.41, 5.74) is 0. The van der Waals surface area contributed by atoms with Crippen LogP contribution in [0.3, 0.4) is 0 Å². The summed E-state index contributed by atoms with van der Waals surface area (Å²) in [6, 6.07) is 0. The van der Waals surface area contributed by atoms with Crippen molar-refractivity contribution < 1.29 is 37.4 Å². The van der Waals surface area contributed by atoms with Crippen molar-refractivity contribution in [3.05, 3.63) is 0 Å². The highest BCUT2D eigenvalue weighted by atomic mass is 19.2. The van der Waals surface area contributed by atoms with E-state index in [1.807, 2.05) is 0 Å². The lowest BCUT2D eigenvalue weighted by Crippen LogP contribution is -2.56. The Morgan fingerprint density at radius 2 is 0.875 bits per heavy atom. The molecule has 8 heteroatoms. The summed E-state index contributed by atoms with van der Waals surface area (Å²) in [5.74, 6) is -9.09. The van der Waals surface area contributed by atoms with Crippen molar-refractivity contribution >= 4 is 11.9 Å². The van der Waals surface area contributed by atoms with Crippen LogP contribution in [0.5, 0.6) is 0 Å². The van der Waals surface area contributed by atoms with E-state index < -0.39 is 48.5 Å². The first-order valence-electron chi connectivity index (χ1n) is 4.31. The Kier molecular flexibility index (Phi) is 3.39. The molecule has 2 N–H and O–H groups in total. The Morgan fingerprint density at radius 1 is 0.688 bits per heavy atom. The summed E-state index contributed by atoms with van der Waals surface area (Å²) in [6.45, 7) is 0. The second kappa shape index (κ2) is 4.26. The van der Waals surface area contributed by atoms with Crippen LogP contribution in [0, 0.1) is 11.8 Å². The number of carboxylic acid groups (broad SMARTS) is 2. The van der Waals surface area contributed by atoms with Gasteiger partial charge in [-0.3, -0.25) is 9.59 Å². The van der Waals surface area contributed by atoms with Crippen molar-refractivity contribution in [2.45, 2.75) is 24.7 Å². The first-order valence-corrected chi connectivity index (χ1v) is 4.31. The van der Waals surface area contributed by atoms with E-state index in [9.17, 15) is 27.2 Å². The predicted octanol–water partition coefficient (Wildman–Crippen LogP) is 0.754. The molecule has 92 valence electrons. The molecular formula is C8H8F4O4. The summed E-state index contributed by atoms with van der Waals surface area (Å²) in [5, 5.41) is 16.8. The minimum atomic E-state index is -2.87. The molecule has 4 atom stereocenters. The molecule has 0 radical (unpaired) electrons. The molecule has 0 aromatic rings. The lowest BCUT2D eigenvalue weighted by molar-refractivity contribution is -0.170. The Morgan fingerprint density at radius 3 is 1.00 bits per heavy atom. The van der Waals surface area contributed by atoms with Gasteiger partial charge in [0.05, 0.1) is 0 Å². The molecule has 1 rings (SSSR count).